The lowest BCUT2D eigenvalue weighted by Gasteiger charge is -2.20. The first kappa shape index (κ1) is 16.6. The second kappa shape index (κ2) is 7.57. The number of fused-ring (bicyclic) bond motifs is 1. The SMILES string of the molecule is O=C([O-])C[C@H](NC(=O)OCc1ccccc1)c1ccc2c(c1)OCO2. The van der Waals surface area contributed by atoms with Crippen molar-refractivity contribution in [2.45, 2.75) is 19.1 Å². The van der Waals surface area contributed by atoms with E-state index in [1.165, 1.54) is 0 Å². The van der Waals surface area contributed by atoms with Crippen LogP contribution in [0.25, 0.3) is 0 Å². The van der Waals surface area contributed by atoms with Crippen molar-refractivity contribution >= 4 is 12.1 Å². The third-order valence-electron chi connectivity index (χ3n) is 3.67. The van der Waals surface area contributed by atoms with Gasteiger partial charge in [-0.15, -0.1) is 0 Å². The van der Waals surface area contributed by atoms with Crippen LogP contribution < -0.4 is 19.9 Å². The van der Waals surface area contributed by atoms with E-state index < -0.39 is 18.1 Å². The Hall–Kier alpha value is -3.22. The predicted octanol–water partition coefficient (Wildman–Crippen LogP) is 1.52. The fraction of sp³-hybridized carbons (Fsp3) is 0.222. The highest BCUT2D eigenvalue weighted by Gasteiger charge is 2.20. The summed E-state index contributed by atoms with van der Waals surface area (Å²) in [5, 5.41) is 13.6. The van der Waals surface area contributed by atoms with Gasteiger partial charge in [-0.1, -0.05) is 36.4 Å². The van der Waals surface area contributed by atoms with E-state index in [0.717, 1.165) is 5.56 Å². The van der Waals surface area contributed by atoms with Gasteiger partial charge in [-0.2, -0.15) is 0 Å². The normalized spacial score (nSPS) is 13.1. The number of nitrogens with one attached hydrogen (secondary N) is 1. The molecule has 0 aliphatic carbocycles. The Morgan fingerprint density at radius 3 is 2.64 bits per heavy atom. The number of rotatable bonds is 6. The molecule has 1 aliphatic rings. The van der Waals surface area contributed by atoms with Crippen molar-refractivity contribution in [1.82, 2.24) is 5.32 Å². The summed E-state index contributed by atoms with van der Waals surface area (Å²) in [5.41, 5.74) is 1.39. The predicted molar refractivity (Wildman–Crippen MR) is 84.7 cm³/mol. The third kappa shape index (κ3) is 4.41. The summed E-state index contributed by atoms with van der Waals surface area (Å²) in [4.78, 5) is 23.0. The van der Waals surface area contributed by atoms with E-state index in [1.54, 1.807) is 18.2 Å². The Bertz CT molecular complexity index is 761. The van der Waals surface area contributed by atoms with Gasteiger partial charge in [-0.3, -0.25) is 0 Å². The maximum atomic E-state index is 12.0. The Balaban J connectivity index is 1.66. The standard InChI is InChI=1S/C18H17NO6/c20-17(21)9-14(13-6-7-15-16(8-13)25-11-24-15)19-18(22)23-10-12-4-2-1-3-5-12/h1-8,14H,9-11H2,(H,19,22)(H,20,21)/p-1/t14-/m0/s1. The van der Waals surface area contributed by atoms with Crippen LogP contribution in [0.1, 0.15) is 23.6 Å². The van der Waals surface area contributed by atoms with Gasteiger partial charge in [0.05, 0.1) is 6.04 Å². The molecule has 0 spiro atoms. The molecule has 0 unspecified atom stereocenters. The lowest BCUT2D eigenvalue weighted by Crippen LogP contribution is -2.34. The Morgan fingerprint density at radius 1 is 1.12 bits per heavy atom. The van der Waals surface area contributed by atoms with E-state index in [9.17, 15) is 14.7 Å². The zero-order valence-electron chi connectivity index (χ0n) is 13.3. The summed E-state index contributed by atoms with van der Waals surface area (Å²) >= 11 is 0. The first-order valence-electron chi connectivity index (χ1n) is 7.68. The van der Waals surface area contributed by atoms with E-state index in [4.69, 9.17) is 14.2 Å². The van der Waals surface area contributed by atoms with E-state index in [-0.39, 0.29) is 19.8 Å². The second-order valence-corrected chi connectivity index (χ2v) is 5.45. The topological polar surface area (TPSA) is 96.9 Å². The van der Waals surface area contributed by atoms with Gasteiger partial charge < -0.3 is 29.4 Å². The minimum absolute atomic E-state index is 0.0891. The number of benzene rings is 2. The number of carbonyl (C=O) groups is 2. The van der Waals surface area contributed by atoms with Crippen LogP contribution in [0.3, 0.4) is 0 Å². The monoisotopic (exact) mass is 342 g/mol. The van der Waals surface area contributed by atoms with Crippen LogP contribution in [0.2, 0.25) is 0 Å². The van der Waals surface area contributed by atoms with Crippen LogP contribution in [0.4, 0.5) is 4.79 Å². The molecule has 3 rings (SSSR count). The molecule has 7 nitrogen and oxygen atoms in total. The van der Waals surface area contributed by atoms with Crippen LogP contribution in [0, 0.1) is 0 Å². The number of carbonyl (C=O) groups excluding carboxylic acids is 2. The van der Waals surface area contributed by atoms with Crippen LogP contribution in [0.5, 0.6) is 11.5 Å². The quantitative estimate of drug-likeness (QED) is 0.855. The molecule has 130 valence electrons. The molecule has 0 bridgehead atoms. The maximum absolute atomic E-state index is 12.0. The number of aliphatic carboxylic acids is 1. The summed E-state index contributed by atoms with van der Waals surface area (Å²) in [6.07, 6.45) is -1.10. The van der Waals surface area contributed by atoms with Crippen LogP contribution in [0.15, 0.2) is 48.5 Å². The minimum Gasteiger partial charge on any atom is -0.550 e. The smallest absolute Gasteiger partial charge is 0.407 e. The summed E-state index contributed by atoms with van der Waals surface area (Å²) in [5.74, 6) is -0.214. The van der Waals surface area contributed by atoms with Crippen molar-refractivity contribution in [1.29, 1.82) is 0 Å². The molecule has 0 aromatic heterocycles. The Kier molecular flexibility index (Phi) is 5.03. The number of hydrogen-bond donors (Lipinski definition) is 1. The second-order valence-electron chi connectivity index (χ2n) is 5.45. The number of alkyl carbamates (subject to hydrolysis) is 1. The zero-order chi connectivity index (χ0) is 17.6. The molecule has 7 heteroatoms. The molecule has 1 atom stereocenters. The van der Waals surface area contributed by atoms with Gasteiger partial charge in [-0.25, -0.2) is 4.79 Å². The first-order valence-corrected chi connectivity index (χ1v) is 7.68. The average Bonchev–Trinajstić information content (AvgIpc) is 3.07. The molecule has 2 aromatic carbocycles. The van der Waals surface area contributed by atoms with Crippen LogP contribution in [-0.2, 0) is 16.1 Å². The van der Waals surface area contributed by atoms with E-state index in [0.29, 0.717) is 17.1 Å². The highest BCUT2D eigenvalue weighted by atomic mass is 16.7. The molecule has 1 heterocycles. The fourth-order valence-electron chi connectivity index (χ4n) is 2.46. The first-order chi connectivity index (χ1) is 12.1. The number of amides is 1. The molecule has 1 N–H and O–H groups in total. The van der Waals surface area contributed by atoms with Gasteiger partial charge >= 0.3 is 6.09 Å². The van der Waals surface area contributed by atoms with Crippen molar-refractivity contribution in [3.05, 3.63) is 59.7 Å². The van der Waals surface area contributed by atoms with Crippen LogP contribution in [-0.4, -0.2) is 18.9 Å². The van der Waals surface area contributed by atoms with Crippen molar-refractivity contribution < 1.29 is 28.9 Å². The minimum atomic E-state index is -1.29. The third-order valence-corrected chi connectivity index (χ3v) is 3.67. The van der Waals surface area contributed by atoms with Gasteiger partial charge in [0, 0.05) is 12.4 Å². The molecule has 1 amide bonds. The molecule has 0 saturated heterocycles. The highest BCUT2D eigenvalue weighted by molar-refractivity contribution is 5.71. The van der Waals surface area contributed by atoms with Crippen molar-refractivity contribution in [3.63, 3.8) is 0 Å². The van der Waals surface area contributed by atoms with Gasteiger partial charge in [-0.05, 0) is 23.3 Å². The van der Waals surface area contributed by atoms with Crippen LogP contribution >= 0.6 is 0 Å². The maximum Gasteiger partial charge on any atom is 0.407 e. The lowest BCUT2D eigenvalue weighted by atomic mass is 10.0. The van der Waals surface area contributed by atoms with Crippen molar-refractivity contribution in [2.75, 3.05) is 6.79 Å². The fourth-order valence-corrected chi connectivity index (χ4v) is 2.46. The van der Waals surface area contributed by atoms with Gasteiger partial charge in [0.2, 0.25) is 6.79 Å². The Morgan fingerprint density at radius 2 is 1.88 bits per heavy atom. The summed E-state index contributed by atoms with van der Waals surface area (Å²) < 4.78 is 15.6. The number of ether oxygens (including phenoxy) is 3. The summed E-state index contributed by atoms with van der Waals surface area (Å²) in [6, 6.07) is 13.3. The highest BCUT2D eigenvalue weighted by Crippen LogP contribution is 2.34. The molecule has 0 radical (unpaired) electrons. The summed E-state index contributed by atoms with van der Waals surface area (Å²) in [7, 11) is 0. The molecular formula is C18H16NO6-. The van der Waals surface area contributed by atoms with Crippen molar-refractivity contribution in [3.8, 4) is 11.5 Å². The van der Waals surface area contributed by atoms with Gasteiger partial charge in [0.25, 0.3) is 0 Å². The Labute approximate surface area is 144 Å². The van der Waals surface area contributed by atoms with Gasteiger partial charge in [0.15, 0.2) is 11.5 Å². The van der Waals surface area contributed by atoms with Crippen molar-refractivity contribution in [2.24, 2.45) is 0 Å². The number of carboxylic acid groups (broad SMARTS) is 1. The molecule has 2 aromatic rings. The molecule has 25 heavy (non-hydrogen) atoms. The number of hydrogen-bond acceptors (Lipinski definition) is 6. The number of carboxylic acids is 1. The largest absolute Gasteiger partial charge is 0.550 e. The van der Waals surface area contributed by atoms with Gasteiger partial charge in [0.1, 0.15) is 6.61 Å². The summed E-state index contributed by atoms with van der Waals surface area (Å²) in [6.45, 7) is 0.197. The lowest BCUT2D eigenvalue weighted by molar-refractivity contribution is -0.306. The van der Waals surface area contributed by atoms with E-state index in [2.05, 4.69) is 5.32 Å². The zero-order valence-corrected chi connectivity index (χ0v) is 13.3. The molecular weight excluding hydrogens is 326 g/mol. The average molecular weight is 342 g/mol. The van der Waals surface area contributed by atoms with E-state index in [1.807, 2.05) is 30.3 Å². The molecule has 0 fully saturated rings. The van der Waals surface area contributed by atoms with E-state index >= 15 is 0 Å². The molecule has 0 saturated carbocycles. The molecule has 1 aliphatic heterocycles.